The number of halogens is 4. The van der Waals surface area contributed by atoms with Crippen LogP contribution in [0.2, 0.25) is 0 Å². The number of aliphatic imine (C=N–C) groups is 1. The third kappa shape index (κ3) is 5.09. The molecule has 2 aromatic carbocycles. The van der Waals surface area contributed by atoms with Gasteiger partial charge < -0.3 is 10.2 Å². The second kappa shape index (κ2) is 10.5. The number of urea groups is 1. The average Bonchev–Trinajstić information content (AvgIpc) is 3.82. The van der Waals surface area contributed by atoms with Crippen LogP contribution >= 0.6 is 11.8 Å². The Morgan fingerprint density at radius 2 is 1.73 bits per heavy atom. The van der Waals surface area contributed by atoms with Gasteiger partial charge in [0.15, 0.2) is 5.69 Å². The van der Waals surface area contributed by atoms with E-state index in [-0.39, 0.29) is 11.1 Å². The van der Waals surface area contributed by atoms with Gasteiger partial charge in [-0.2, -0.15) is 22.5 Å². The van der Waals surface area contributed by atoms with E-state index >= 15 is 0 Å². The number of amides is 2. The molecule has 2 amide bonds. The molecule has 1 N–H and O–H groups in total. The topological polar surface area (TPSA) is 54.2 Å². The van der Waals surface area contributed by atoms with Crippen LogP contribution in [0.4, 0.5) is 28.0 Å². The molecule has 0 unspecified atom stereocenters. The largest absolute Gasteiger partial charge is 0.546 e. The molecule has 7 rings (SSSR count). The molecule has 4 heterocycles. The normalized spacial score (nSPS) is 22.2. The van der Waals surface area contributed by atoms with Gasteiger partial charge in [0.05, 0.1) is 28.3 Å². The lowest BCUT2D eigenvalue weighted by molar-refractivity contribution is -0.337. The molecule has 4 aliphatic heterocycles. The highest BCUT2D eigenvalue weighted by Gasteiger charge is 2.47. The predicted octanol–water partition coefficient (Wildman–Crippen LogP) is 4.27. The van der Waals surface area contributed by atoms with Crippen molar-refractivity contribution in [3.63, 3.8) is 0 Å². The molecule has 0 atom stereocenters. The molecule has 1 saturated carbocycles. The number of carbonyl (C=O) groups excluding carboxylic acids is 1. The summed E-state index contributed by atoms with van der Waals surface area (Å²) in [6, 6.07) is 6.48. The Hall–Kier alpha value is -2.80. The molecule has 7 nitrogen and oxygen atoms in total. The van der Waals surface area contributed by atoms with Crippen LogP contribution in [0, 0.1) is 5.82 Å². The molecule has 3 fully saturated rings. The Morgan fingerprint density at radius 3 is 2.39 bits per heavy atom. The van der Waals surface area contributed by atoms with Crippen LogP contribution in [-0.4, -0.2) is 108 Å². The van der Waals surface area contributed by atoms with E-state index in [1.165, 1.54) is 48.9 Å². The minimum absolute atomic E-state index is 0.0160. The van der Waals surface area contributed by atoms with Gasteiger partial charge in [0, 0.05) is 69.0 Å². The standard InChI is InChI=1S/C29H31F4N6OS/c30-19-3-1-18(2-4-19)24-23(29(31,32)33)15-22-25-26(24)41-17-21(16-36-11-13-37(14-12-36)20-5-6-20)39(25)28(40)35-27(22)38-9-7-34-8-10-38/h1-4,15,20,34H,5-14,16-17H2/q+1. The lowest BCUT2D eigenvalue weighted by atomic mass is 9.93. The lowest BCUT2D eigenvalue weighted by Gasteiger charge is -2.36. The molecule has 216 valence electrons. The average molecular weight is 588 g/mol. The van der Waals surface area contributed by atoms with Gasteiger partial charge >= 0.3 is 12.2 Å². The summed E-state index contributed by atoms with van der Waals surface area (Å²) in [5.41, 5.74) is 1.07. The van der Waals surface area contributed by atoms with Gasteiger partial charge in [0.1, 0.15) is 11.5 Å². The van der Waals surface area contributed by atoms with E-state index in [0.717, 1.165) is 38.0 Å². The fourth-order valence-electron chi connectivity index (χ4n) is 6.34. The first kappa shape index (κ1) is 27.1. The van der Waals surface area contributed by atoms with Crippen LogP contribution in [0.5, 0.6) is 0 Å². The first-order chi connectivity index (χ1) is 19.8. The predicted molar refractivity (Wildman–Crippen MR) is 150 cm³/mol. The van der Waals surface area contributed by atoms with E-state index in [1.807, 2.05) is 4.90 Å². The summed E-state index contributed by atoms with van der Waals surface area (Å²) in [6.45, 7) is 6.67. The molecule has 5 aliphatic rings. The maximum Gasteiger partial charge on any atom is 0.546 e. The maximum atomic E-state index is 14.7. The van der Waals surface area contributed by atoms with Crippen molar-refractivity contribution in [3.05, 3.63) is 47.3 Å². The second-order valence-electron chi connectivity index (χ2n) is 11.2. The fraction of sp³-hybridized carbons (Fsp3) is 0.483. The number of nitrogens with one attached hydrogen (secondary N) is 1. The number of benzene rings is 2. The Bertz CT molecular complexity index is 1440. The van der Waals surface area contributed by atoms with E-state index < -0.39 is 23.6 Å². The van der Waals surface area contributed by atoms with Gasteiger partial charge in [0.25, 0.3) is 5.84 Å². The molecule has 1 aliphatic carbocycles. The van der Waals surface area contributed by atoms with Crippen LogP contribution < -0.4 is 5.32 Å². The number of nitrogens with zero attached hydrogens (tertiary/aromatic N) is 5. The molecule has 2 aromatic rings. The van der Waals surface area contributed by atoms with E-state index in [2.05, 4.69) is 20.1 Å². The van der Waals surface area contributed by atoms with E-state index in [9.17, 15) is 22.4 Å². The number of hydrogen-bond acceptors (Lipinski definition) is 6. The van der Waals surface area contributed by atoms with Crippen LogP contribution in [0.15, 0.2) is 40.2 Å². The quantitative estimate of drug-likeness (QED) is 0.426. The van der Waals surface area contributed by atoms with Crippen molar-refractivity contribution >= 4 is 35.0 Å². The van der Waals surface area contributed by atoms with Gasteiger partial charge in [-0.15, -0.1) is 11.8 Å². The minimum atomic E-state index is -4.66. The highest BCUT2D eigenvalue weighted by atomic mass is 32.2. The van der Waals surface area contributed by atoms with Crippen molar-refractivity contribution in [2.45, 2.75) is 30.0 Å². The SMILES string of the molecule is O=C1N=C(N2CCNCC2)c2cc(C(F)(F)F)c(-c3ccc(F)cc3)c3c2[N+]1=C(CN1CCN(C2CC2)CC1)CS3. The summed E-state index contributed by atoms with van der Waals surface area (Å²) in [5, 5.41) is 3.25. The molecule has 0 spiro atoms. The van der Waals surface area contributed by atoms with Gasteiger partial charge in [-0.1, -0.05) is 12.1 Å². The smallest absolute Gasteiger partial charge is 0.333 e. The zero-order valence-electron chi connectivity index (χ0n) is 22.5. The summed E-state index contributed by atoms with van der Waals surface area (Å²) in [7, 11) is 0. The van der Waals surface area contributed by atoms with Crippen molar-refractivity contribution in [2.24, 2.45) is 4.99 Å². The van der Waals surface area contributed by atoms with E-state index in [0.29, 0.717) is 66.5 Å². The molecular formula is C29H31F4N6OS+. The molecule has 0 radical (unpaired) electrons. The van der Waals surface area contributed by atoms with E-state index in [4.69, 9.17) is 0 Å². The number of alkyl halides is 3. The minimum Gasteiger partial charge on any atom is -0.333 e. The number of carbonyl (C=O) groups is 1. The number of piperazine rings is 2. The van der Waals surface area contributed by atoms with E-state index in [1.54, 1.807) is 4.58 Å². The number of hydrogen-bond donors (Lipinski definition) is 1. The summed E-state index contributed by atoms with van der Waals surface area (Å²) >= 11 is 1.33. The zero-order chi connectivity index (χ0) is 28.3. The Labute approximate surface area is 239 Å². The highest BCUT2D eigenvalue weighted by Crippen LogP contribution is 2.51. The molecule has 2 saturated heterocycles. The van der Waals surface area contributed by atoms with Crippen molar-refractivity contribution in [2.75, 3.05) is 64.7 Å². The third-order valence-electron chi connectivity index (χ3n) is 8.54. The van der Waals surface area contributed by atoms with Gasteiger partial charge in [-0.05, 0) is 36.6 Å². The van der Waals surface area contributed by atoms with Crippen LogP contribution in [-0.2, 0) is 6.18 Å². The molecule has 41 heavy (non-hydrogen) atoms. The number of rotatable bonds is 4. The van der Waals surface area contributed by atoms with Crippen LogP contribution in [0.25, 0.3) is 11.1 Å². The first-order valence-corrected chi connectivity index (χ1v) is 15.1. The van der Waals surface area contributed by atoms with Gasteiger partial charge in [-0.3, -0.25) is 9.80 Å². The number of amidine groups is 1. The first-order valence-electron chi connectivity index (χ1n) is 14.1. The Morgan fingerprint density at radius 1 is 1.02 bits per heavy atom. The Kier molecular flexibility index (Phi) is 6.92. The van der Waals surface area contributed by atoms with Crippen molar-refractivity contribution in [3.8, 4) is 11.1 Å². The van der Waals surface area contributed by atoms with Crippen molar-refractivity contribution < 1.29 is 26.9 Å². The Balaban J connectivity index is 1.37. The summed E-state index contributed by atoms with van der Waals surface area (Å²) in [5.74, 6) is 0.138. The van der Waals surface area contributed by atoms with Gasteiger partial charge in [-0.25, -0.2) is 4.39 Å². The molecule has 0 aromatic heterocycles. The number of thioether (sulfide) groups is 1. The zero-order valence-corrected chi connectivity index (χ0v) is 23.3. The van der Waals surface area contributed by atoms with Gasteiger partial charge in [0.2, 0.25) is 0 Å². The lowest BCUT2D eigenvalue weighted by Crippen LogP contribution is -2.51. The second-order valence-corrected chi connectivity index (χ2v) is 12.2. The molecule has 0 bridgehead atoms. The third-order valence-corrected chi connectivity index (χ3v) is 9.71. The summed E-state index contributed by atoms with van der Waals surface area (Å²) in [6.07, 6.45) is -2.14. The highest BCUT2D eigenvalue weighted by molar-refractivity contribution is 8.00. The van der Waals surface area contributed by atoms with Crippen LogP contribution in [0.1, 0.15) is 24.0 Å². The fourth-order valence-corrected chi connectivity index (χ4v) is 7.58. The monoisotopic (exact) mass is 587 g/mol. The van der Waals surface area contributed by atoms with Crippen molar-refractivity contribution in [1.29, 1.82) is 0 Å². The molecule has 12 heteroatoms. The molecular weight excluding hydrogens is 556 g/mol. The van der Waals surface area contributed by atoms with Crippen LogP contribution in [0.3, 0.4) is 0 Å². The maximum absolute atomic E-state index is 14.7. The van der Waals surface area contributed by atoms with Crippen molar-refractivity contribution in [1.82, 2.24) is 20.0 Å². The summed E-state index contributed by atoms with van der Waals surface area (Å²) in [4.78, 5) is 25.3. The summed E-state index contributed by atoms with van der Waals surface area (Å²) < 4.78 is 59.5.